The van der Waals surface area contributed by atoms with E-state index in [1.807, 2.05) is 19.1 Å². The van der Waals surface area contributed by atoms with Crippen molar-refractivity contribution >= 4 is 17.3 Å². The van der Waals surface area contributed by atoms with Crippen LogP contribution in [0.2, 0.25) is 5.02 Å². The minimum absolute atomic E-state index is 0.149. The molecule has 1 aliphatic rings. The number of halogens is 1. The third-order valence-corrected chi connectivity index (χ3v) is 3.69. The molecule has 94 valence electrons. The van der Waals surface area contributed by atoms with Gasteiger partial charge in [0, 0.05) is 29.8 Å². The largest absolute Gasteiger partial charge is 0.395 e. The van der Waals surface area contributed by atoms with E-state index in [1.165, 1.54) is 5.69 Å². The first-order chi connectivity index (χ1) is 8.22. The molecule has 17 heavy (non-hydrogen) atoms. The molecule has 1 atom stereocenters. The highest BCUT2D eigenvalue weighted by molar-refractivity contribution is 6.31. The van der Waals surface area contributed by atoms with Crippen molar-refractivity contribution in [2.24, 2.45) is 0 Å². The third kappa shape index (κ3) is 2.92. The molecule has 2 rings (SSSR count). The maximum Gasteiger partial charge on any atom is 0.0601 e. The lowest BCUT2D eigenvalue weighted by Gasteiger charge is -2.27. The second-order valence-electron chi connectivity index (χ2n) is 4.52. The van der Waals surface area contributed by atoms with Crippen LogP contribution in [0.5, 0.6) is 0 Å². The van der Waals surface area contributed by atoms with E-state index in [4.69, 9.17) is 11.6 Å². The van der Waals surface area contributed by atoms with Gasteiger partial charge in [-0.2, -0.15) is 0 Å². The Morgan fingerprint density at radius 1 is 1.53 bits per heavy atom. The van der Waals surface area contributed by atoms with Crippen molar-refractivity contribution in [2.75, 3.05) is 31.1 Å². The lowest BCUT2D eigenvalue weighted by molar-refractivity contribution is 0.248. The smallest absolute Gasteiger partial charge is 0.0601 e. The number of hydrogen-bond donors (Lipinski definition) is 2. The molecule has 1 fully saturated rings. The zero-order chi connectivity index (χ0) is 12.3. The molecular formula is C13H19ClN2O. The molecule has 3 nitrogen and oxygen atoms in total. The van der Waals surface area contributed by atoms with E-state index in [0.29, 0.717) is 0 Å². The molecule has 1 heterocycles. The van der Waals surface area contributed by atoms with E-state index in [9.17, 15) is 5.11 Å². The molecule has 1 unspecified atom stereocenters. The molecule has 0 bridgehead atoms. The Bertz CT molecular complexity index is 384. The maximum absolute atomic E-state index is 9.29. The maximum atomic E-state index is 9.29. The molecular weight excluding hydrogens is 236 g/mol. The van der Waals surface area contributed by atoms with Crippen molar-refractivity contribution in [1.29, 1.82) is 0 Å². The van der Waals surface area contributed by atoms with Gasteiger partial charge in [-0.15, -0.1) is 0 Å². The van der Waals surface area contributed by atoms with Crippen LogP contribution in [0.4, 0.5) is 5.69 Å². The van der Waals surface area contributed by atoms with Crippen LogP contribution < -0.4 is 10.2 Å². The van der Waals surface area contributed by atoms with Crippen LogP contribution in [0.25, 0.3) is 0 Å². The van der Waals surface area contributed by atoms with E-state index in [2.05, 4.69) is 16.3 Å². The molecule has 1 aromatic rings. The van der Waals surface area contributed by atoms with Gasteiger partial charge in [-0.3, -0.25) is 0 Å². The fraction of sp³-hybridized carbons (Fsp3) is 0.538. The van der Waals surface area contributed by atoms with Gasteiger partial charge < -0.3 is 15.3 Å². The monoisotopic (exact) mass is 254 g/mol. The topological polar surface area (TPSA) is 35.5 Å². The molecule has 1 aliphatic heterocycles. The zero-order valence-corrected chi connectivity index (χ0v) is 10.9. The van der Waals surface area contributed by atoms with Crippen molar-refractivity contribution in [1.82, 2.24) is 5.32 Å². The summed E-state index contributed by atoms with van der Waals surface area (Å²) in [6.07, 6.45) is 1.09. The predicted octanol–water partition coefficient (Wildman–Crippen LogP) is 1.81. The summed E-state index contributed by atoms with van der Waals surface area (Å²) in [5, 5.41) is 13.4. The van der Waals surface area contributed by atoms with E-state index in [-0.39, 0.29) is 12.6 Å². The lowest BCUT2D eigenvalue weighted by Crippen LogP contribution is -2.40. The van der Waals surface area contributed by atoms with Crippen molar-refractivity contribution < 1.29 is 5.11 Å². The first-order valence-electron chi connectivity index (χ1n) is 6.06. The molecule has 0 radical (unpaired) electrons. The summed E-state index contributed by atoms with van der Waals surface area (Å²) in [6.45, 7) is 5.02. The molecule has 2 N–H and O–H groups in total. The zero-order valence-electron chi connectivity index (χ0n) is 10.1. The molecule has 0 aromatic heterocycles. The van der Waals surface area contributed by atoms with Crippen molar-refractivity contribution in [3.63, 3.8) is 0 Å². The number of aliphatic hydroxyl groups is 1. The second-order valence-corrected chi connectivity index (χ2v) is 4.92. The highest BCUT2D eigenvalue weighted by Crippen LogP contribution is 2.27. The van der Waals surface area contributed by atoms with E-state index in [0.717, 1.165) is 36.6 Å². The minimum atomic E-state index is 0.149. The first-order valence-corrected chi connectivity index (χ1v) is 6.44. The summed E-state index contributed by atoms with van der Waals surface area (Å²) in [6, 6.07) is 6.15. The van der Waals surface area contributed by atoms with Gasteiger partial charge in [0.25, 0.3) is 0 Å². The fourth-order valence-electron chi connectivity index (χ4n) is 2.28. The van der Waals surface area contributed by atoms with Crippen LogP contribution in [-0.4, -0.2) is 37.4 Å². The number of benzene rings is 1. The van der Waals surface area contributed by atoms with Gasteiger partial charge in [0.15, 0.2) is 0 Å². The molecule has 1 aromatic carbocycles. The van der Waals surface area contributed by atoms with Crippen molar-refractivity contribution in [3.05, 3.63) is 28.8 Å². The minimum Gasteiger partial charge on any atom is -0.395 e. The second kappa shape index (κ2) is 5.71. The first kappa shape index (κ1) is 12.7. The molecule has 0 amide bonds. The van der Waals surface area contributed by atoms with Crippen LogP contribution in [0.1, 0.15) is 12.0 Å². The van der Waals surface area contributed by atoms with Crippen LogP contribution in [0, 0.1) is 6.92 Å². The summed E-state index contributed by atoms with van der Waals surface area (Å²) in [5.41, 5.74) is 2.30. The average molecular weight is 255 g/mol. The Labute approximate surface area is 107 Å². The number of hydrogen-bond acceptors (Lipinski definition) is 3. The highest BCUT2D eigenvalue weighted by Gasteiger charge is 2.18. The van der Waals surface area contributed by atoms with Crippen LogP contribution in [0.15, 0.2) is 18.2 Å². The Kier molecular flexibility index (Phi) is 4.26. The number of aliphatic hydroxyl groups excluding tert-OH is 1. The SMILES string of the molecule is Cc1c(Cl)cccc1N1CCCNC(CO)C1. The van der Waals surface area contributed by atoms with Gasteiger partial charge in [0.05, 0.1) is 6.61 Å². The van der Waals surface area contributed by atoms with Gasteiger partial charge in [0.2, 0.25) is 0 Å². The summed E-state index contributed by atoms with van der Waals surface area (Å²) in [4.78, 5) is 2.31. The normalized spacial score (nSPS) is 21.4. The lowest BCUT2D eigenvalue weighted by atomic mass is 10.1. The molecule has 0 aliphatic carbocycles. The van der Waals surface area contributed by atoms with Gasteiger partial charge in [-0.1, -0.05) is 17.7 Å². The number of nitrogens with one attached hydrogen (secondary N) is 1. The standard InChI is InChI=1S/C13H19ClN2O/c1-10-12(14)4-2-5-13(10)16-7-3-6-15-11(8-16)9-17/h2,4-5,11,15,17H,3,6-9H2,1H3. The molecule has 0 spiro atoms. The van der Waals surface area contributed by atoms with Crippen molar-refractivity contribution in [2.45, 2.75) is 19.4 Å². The predicted molar refractivity (Wildman–Crippen MR) is 71.9 cm³/mol. The van der Waals surface area contributed by atoms with E-state index < -0.39 is 0 Å². The van der Waals surface area contributed by atoms with Gasteiger partial charge in [-0.05, 0) is 37.6 Å². The summed E-state index contributed by atoms with van der Waals surface area (Å²) in [5.74, 6) is 0. The fourth-order valence-corrected chi connectivity index (χ4v) is 2.45. The van der Waals surface area contributed by atoms with E-state index in [1.54, 1.807) is 0 Å². The summed E-state index contributed by atoms with van der Waals surface area (Å²) >= 11 is 6.15. The summed E-state index contributed by atoms with van der Waals surface area (Å²) < 4.78 is 0. The van der Waals surface area contributed by atoms with E-state index >= 15 is 0 Å². The highest BCUT2D eigenvalue weighted by atomic mass is 35.5. The molecule has 4 heteroatoms. The molecule has 1 saturated heterocycles. The average Bonchev–Trinajstić information content (AvgIpc) is 2.58. The van der Waals surface area contributed by atoms with Gasteiger partial charge in [0.1, 0.15) is 0 Å². The van der Waals surface area contributed by atoms with Crippen LogP contribution >= 0.6 is 11.6 Å². The number of anilines is 1. The number of rotatable bonds is 2. The molecule has 0 saturated carbocycles. The Morgan fingerprint density at radius 2 is 2.35 bits per heavy atom. The number of nitrogens with zero attached hydrogens (tertiary/aromatic N) is 1. The Hall–Kier alpha value is -0.770. The van der Waals surface area contributed by atoms with Crippen LogP contribution in [-0.2, 0) is 0 Å². The Balaban J connectivity index is 2.22. The Morgan fingerprint density at radius 3 is 3.12 bits per heavy atom. The quantitative estimate of drug-likeness (QED) is 0.845. The van der Waals surface area contributed by atoms with Gasteiger partial charge in [-0.25, -0.2) is 0 Å². The summed E-state index contributed by atoms with van der Waals surface area (Å²) in [7, 11) is 0. The van der Waals surface area contributed by atoms with Crippen LogP contribution in [0.3, 0.4) is 0 Å². The third-order valence-electron chi connectivity index (χ3n) is 3.28. The van der Waals surface area contributed by atoms with Crippen molar-refractivity contribution in [3.8, 4) is 0 Å². The van der Waals surface area contributed by atoms with Gasteiger partial charge >= 0.3 is 0 Å².